The molecule has 4 heteroatoms. The zero-order valence-electron chi connectivity index (χ0n) is 12.1. The van der Waals surface area contributed by atoms with Gasteiger partial charge in [0.1, 0.15) is 11.5 Å². The highest BCUT2D eigenvalue weighted by Crippen LogP contribution is 2.18. The highest BCUT2D eigenvalue weighted by atomic mass is 35.5. The van der Waals surface area contributed by atoms with E-state index in [9.17, 15) is 4.79 Å². The number of aldehydes is 1. The Bertz CT molecular complexity index is 388. The minimum atomic E-state index is 0.356. The lowest BCUT2D eigenvalue weighted by atomic mass is 10.1. The normalized spacial score (nSPS) is 10.9. The Labute approximate surface area is 121 Å². The molecular weight excluding hydrogens is 260 g/mol. The van der Waals surface area contributed by atoms with Gasteiger partial charge in [-0.2, -0.15) is 0 Å². The average Bonchev–Trinajstić information content (AvgIpc) is 2.71. The highest BCUT2D eigenvalue weighted by molar-refractivity contribution is 6.31. The van der Waals surface area contributed by atoms with E-state index in [2.05, 4.69) is 18.8 Å². The maximum atomic E-state index is 11.1. The van der Waals surface area contributed by atoms with Crippen molar-refractivity contribution in [3.63, 3.8) is 0 Å². The summed E-state index contributed by atoms with van der Waals surface area (Å²) >= 11 is 6.03. The van der Waals surface area contributed by atoms with Gasteiger partial charge in [0.2, 0.25) is 0 Å². The summed E-state index contributed by atoms with van der Waals surface area (Å²) in [6.45, 7) is 5.22. The van der Waals surface area contributed by atoms with Crippen molar-refractivity contribution < 1.29 is 4.79 Å². The number of unbranched alkanes of at least 4 members (excludes halogenated alkanes) is 5. The van der Waals surface area contributed by atoms with E-state index >= 15 is 0 Å². The third-order valence-electron chi connectivity index (χ3n) is 3.39. The first kappa shape index (κ1) is 16.2. The van der Waals surface area contributed by atoms with Crippen molar-refractivity contribution in [2.75, 3.05) is 0 Å². The molecule has 0 atom stereocenters. The van der Waals surface area contributed by atoms with E-state index < -0.39 is 0 Å². The number of carbonyl (C=O) groups is 1. The van der Waals surface area contributed by atoms with Gasteiger partial charge in [-0.25, -0.2) is 4.98 Å². The van der Waals surface area contributed by atoms with E-state index in [0.29, 0.717) is 10.8 Å². The lowest BCUT2D eigenvalue weighted by Crippen LogP contribution is -2.07. The number of halogens is 1. The van der Waals surface area contributed by atoms with Crippen LogP contribution in [0.1, 0.15) is 75.1 Å². The van der Waals surface area contributed by atoms with Gasteiger partial charge in [0, 0.05) is 13.0 Å². The van der Waals surface area contributed by atoms with Crippen molar-refractivity contribution in [3.05, 3.63) is 16.7 Å². The van der Waals surface area contributed by atoms with Crippen molar-refractivity contribution in [2.24, 2.45) is 0 Å². The molecule has 0 aromatic carbocycles. The molecule has 0 aliphatic rings. The Morgan fingerprint density at radius 1 is 1.11 bits per heavy atom. The van der Waals surface area contributed by atoms with Crippen molar-refractivity contribution in [1.29, 1.82) is 0 Å². The van der Waals surface area contributed by atoms with Crippen LogP contribution in [0.2, 0.25) is 5.15 Å². The number of hydrogen-bond acceptors (Lipinski definition) is 2. The number of imidazole rings is 1. The summed E-state index contributed by atoms with van der Waals surface area (Å²) in [5.74, 6) is 0.962. The van der Waals surface area contributed by atoms with Crippen LogP contribution in [-0.2, 0) is 13.0 Å². The van der Waals surface area contributed by atoms with Crippen LogP contribution in [0, 0.1) is 0 Å². The van der Waals surface area contributed by atoms with E-state index in [1.807, 2.05) is 4.57 Å². The fraction of sp³-hybridized carbons (Fsp3) is 0.733. The van der Waals surface area contributed by atoms with Crippen molar-refractivity contribution in [1.82, 2.24) is 9.55 Å². The van der Waals surface area contributed by atoms with Crippen LogP contribution in [-0.4, -0.2) is 15.8 Å². The smallest absolute Gasteiger partial charge is 0.169 e. The lowest BCUT2D eigenvalue weighted by Gasteiger charge is -2.09. The van der Waals surface area contributed by atoms with Gasteiger partial charge < -0.3 is 4.57 Å². The first-order chi connectivity index (χ1) is 9.24. The molecule has 1 aromatic rings. The second kappa shape index (κ2) is 9.13. The minimum Gasteiger partial charge on any atom is -0.325 e. The molecule has 0 N–H and O–H groups in total. The molecule has 0 amide bonds. The second-order valence-corrected chi connectivity index (χ2v) is 5.35. The van der Waals surface area contributed by atoms with Crippen LogP contribution in [0.5, 0.6) is 0 Å². The molecule has 1 heterocycles. The van der Waals surface area contributed by atoms with Gasteiger partial charge in [0.15, 0.2) is 11.4 Å². The number of aromatic nitrogens is 2. The molecule has 108 valence electrons. The molecule has 1 rings (SSSR count). The molecule has 0 spiro atoms. The van der Waals surface area contributed by atoms with Crippen molar-refractivity contribution in [2.45, 2.75) is 71.8 Å². The molecule has 0 saturated heterocycles. The standard InChI is InChI=1S/C15H25ClN2O/c1-3-5-7-8-9-11-18-13(12-19)15(16)17-14(18)10-6-4-2/h12H,3-11H2,1-2H3. The van der Waals surface area contributed by atoms with Crippen molar-refractivity contribution in [3.8, 4) is 0 Å². The molecule has 1 aromatic heterocycles. The van der Waals surface area contributed by atoms with E-state index in [4.69, 9.17) is 11.6 Å². The summed E-state index contributed by atoms with van der Waals surface area (Å²) in [6.07, 6.45) is 10.0. The second-order valence-electron chi connectivity index (χ2n) is 4.99. The first-order valence-electron chi connectivity index (χ1n) is 7.44. The molecule has 0 radical (unpaired) electrons. The highest BCUT2D eigenvalue weighted by Gasteiger charge is 2.14. The summed E-state index contributed by atoms with van der Waals surface area (Å²) in [5.41, 5.74) is 0.545. The maximum absolute atomic E-state index is 11.1. The predicted molar refractivity (Wildman–Crippen MR) is 80.0 cm³/mol. The summed E-state index contributed by atoms with van der Waals surface area (Å²) in [7, 11) is 0. The van der Waals surface area contributed by atoms with Crippen LogP contribution in [0.15, 0.2) is 0 Å². The average molecular weight is 285 g/mol. The van der Waals surface area contributed by atoms with Crippen LogP contribution in [0.4, 0.5) is 0 Å². The van der Waals surface area contributed by atoms with E-state index in [0.717, 1.165) is 44.3 Å². The molecule has 0 aliphatic heterocycles. The van der Waals surface area contributed by atoms with Gasteiger partial charge >= 0.3 is 0 Å². The Kier molecular flexibility index (Phi) is 7.80. The summed E-state index contributed by atoms with van der Waals surface area (Å²) < 4.78 is 2.01. The molecule has 19 heavy (non-hydrogen) atoms. The van der Waals surface area contributed by atoms with Crippen LogP contribution in [0.3, 0.4) is 0 Å². The number of nitrogens with zero attached hydrogens (tertiary/aromatic N) is 2. The quantitative estimate of drug-likeness (QED) is 0.462. The number of hydrogen-bond donors (Lipinski definition) is 0. The first-order valence-corrected chi connectivity index (χ1v) is 7.82. The molecule has 0 fully saturated rings. The lowest BCUT2D eigenvalue weighted by molar-refractivity contribution is 0.111. The van der Waals surface area contributed by atoms with Crippen molar-refractivity contribution >= 4 is 17.9 Å². The molecule has 0 aliphatic carbocycles. The zero-order valence-corrected chi connectivity index (χ0v) is 12.9. The molecular formula is C15H25ClN2O. The van der Waals surface area contributed by atoms with Crippen LogP contribution in [0.25, 0.3) is 0 Å². The molecule has 0 saturated carbocycles. The van der Waals surface area contributed by atoms with E-state index in [1.165, 1.54) is 25.7 Å². The number of rotatable bonds is 10. The summed E-state index contributed by atoms with van der Waals surface area (Å²) in [6, 6.07) is 0. The van der Waals surface area contributed by atoms with Gasteiger partial charge in [-0.3, -0.25) is 4.79 Å². The number of carbonyl (C=O) groups excluding carboxylic acids is 1. The third-order valence-corrected chi connectivity index (χ3v) is 3.67. The third kappa shape index (κ3) is 4.98. The summed E-state index contributed by atoms with van der Waals surface area (Å²) in [5, 5.41) is 0.356. The molecule has 0 unspecified atom stereocenters. The largest absolute Gasteiger partial charge is 0.325 e. The number of aryl methyl sites for hydroxylation is 1. The van der Waals surface area contributed by atoms with Gasteiger partial charge in [0.05, 0.1) is 0 Å². The Morgan fingerprint density at radius 3 is 2.42 bits per heavy atom. The fourth-order valence-electron chi connectivity index (χ4n) is 2.24. The summed E-state index contributed by atoms with van der Waals surface area (Å²) in [4.78, 5) is 15.5. The molecule has 0 bridgehead atoms. The minimum absolute atomic E-state index is 0.356. The van der Waals surface area contributed by atoms with Gasteiger partial charge in [-0.15, -0.1) is 0 Å². The zero-order chi connectivity index (χ0) is 14.1. The van der Waals surface area contributed by atoms with Gasteiger partial charge in [-0.05, 0) is 12.8 Å². The fourth-order valence-corrected chi connectivity index (χ4v) is 2.49. The van der Waals surface area contributed by atoms with Gasteiger partial charge in [-0.1, -0.05) is 57.6 Å². The van der Waals surface area contributed by atoms with E-state index in [1.54, 1.807) is 0 Å². The topological polar surface area (TPSA) is 34.9 Å². The molecule has 3 nitrogen and oxygen atoms in total. The van der Waals surface area contributed by atoms with Crippen LogP contribution >= 0.6 is 11.6 Å². The van der Waals surface area contributed by atoms with Crippen LogP contribution < -0.4 is 0 Å². The Morgan fingerprint density at radius 2 is 1.79 bits per heavy atom. The predicted octanol–water partition coefficient (Wildman–Crippen LogP) is 4.66. The van der Waals surface area contributed by atoms with Gasteiger partial charge in [0.25, 0.3) is 0 Å². The monoisotopic (exact) mass is 284 g/mol. The SMILES string of the molecule is CCCCCCCn1c(CCCC)nc(Cl)c1C=O. The van der Waals surface area contributed by atoms with E-state index in [-0.39, 0.29) is 0 Å². The Hall–Kier alpha value is -0.830. The Balaban J connectivity index is 2.63. The maximum Gasteiger partial charge on any atom is 0.169 e.